The Morgan fingerprint density at radius 3 is 2.41 bits per heavy atom. The van der Waals surface area contributed by atoms with E-state index in [-0.39, 0.29) is 33.1 Å². The van der Waals surface area contributed by atoms with Crippen LogP contribution in [0.3, 0.4) is 0 Å². The van der Waals surface area contributed by atoms with Crippen molar-refractivity contribution in [3.8, 4) is 0 Å². The Morgan fingerprint density at radius 2 is 1.88 bits per heavy atom. The number of thiazole rings is 1. The van der Waals surface area contributed by atoms with Crippen LogP contribution in [-0.4, -0.2) is 33.1 Å². The molecular weight excluding hydrogens is 425 g/mol. The van der Waals surface area contributed by atoms with E-state index in [1.807, 2.05) is 47.3 Å². The number of nitrogens with zero attached hydrogens (tertiary/aromatic N) is 1. The van der Waals surface area contributed by atoms with Gasteiger partial charge in [0.1, 0.15) is 0 Å². The van der Waals surface area contributed by atoms with Gasteiger partial charge in [-0.15, -0.1) is 0 Å². The number of carbonyl (C=O) groups excluding carboxylic acids is 1. The van der Waals surface area contributed by atoms with E-state index in [4.69, 9.17) is 0 Å². The van der Waals surface area contributed by atoms with Crippen LogP contribution in [0.25, 0.3) is 0 Å². The average molecular weight is 440 g/mol. The van der Waals surface area contributed by atoms with Gasteiger partial charge >= 0.3 is 27.3 Å². The number of Topliss-reactive ketones (excluding diaryl/α,β-unsaturated/α-hetero) is 1. The molecule has 0 unspecified atom stereocenters. The van der Waals surface area contributed by atoms with Crippen molar-refractivity contribution >= 4 is 44.4 Å². The molecule has 1 aromatic carbocycles. The van der Waals surface area contributed by atoms with E-state index >= 15 is 0 Å². The Hall–Kier alpha value is -0.558. The van der Waals surface area contributed by atoms with Gasteiger partial charge in [-0.05, 0) is 6.92 Å². The fourth-order valence-corrected chi connectivity index (χ4v) is 2.34. The molecule has 1 aromatic heterocycles. The fourth-order valence-electron chi connectivity index (χ4n) is 1.54. The Labute approximate surface area is 125 Å². The number of hydrogen-bond acceptors (Lipinski definition) is 2. The molecule has 0 saturated carbocycles. The zero-order valence-electron chi connectivity index (χ0n) is 9.93. The summed E-state index contributed by atoms with van der Waals surface area (Å²) in [5.74, 6) is 0.159. The molecule has 0 aliphatic carbocycles. The minimum absolute atomic E-state index is 0. The first-order valence-electron chi connectivity index (χ1n) is 5.21. The topological polar surface area (TPSA) is 20.9 Å². The average Bonchev–Trinajstić information content (AvgIpc) is 2.62. The van der Waals surface area contributed by atoms with Gasteiger partial charge in [-0.2, -0.15) is 4.57 Å². The molecule has 1 heterocycles. The number of ketones is 1. The van der Waals surface area contributed by atoms with E-state index in [2.05, 4.69) is 6.92 Å². The predicted octanol–water partition coefficient (Wildman–Crippen LogP) is 2.15. The number of hydrogen-bond donors (Lipinski definition) is 0. The summed E-state index contributed by atoms with van der Waals surface area (Å²) in [5.41, 5.74) is 3.96. The van der Waals surface area contributed by atoms with E-state index in [9.17, 15) is 4.79 Å². The second-order valence-corrected chi connectivity index (χ2v) is 4.84. The summed E-state index contributed by atoms with van der Waals surface area (Å²) in [6, 6.07) is 9.42. The first kappa shape index (κ1) is 14.5. The maximum Gasteiger partial charge on any atom is 2.00 e. The summed E-state index contributed by atoms with van der Waals surface area (Å²) in [6.45, 7) is 4.55. The minimum Gasteiger partial charge on any atom is -0.287 e. The summed E-state index contributed by atoms with van der Waals surface area (Å²) in [5, 5.41) is 0. The SMILES string of the molecule is Cc1sc[n+](CC(=O)c2ccccc2)c1C.[Pb+2]. The molecule has 2 aromatic rings. The van der Waals surface area contributed by atoms with Crippen molar-refractivity contribution in [3.63, 3.8) is 0 Å². The Kier molecular flexibility index (Phi) is 5.46. The molecule has 0 aliphatic rings. The third-order valence-electron chi connectivity index (χ3n) is 2.71. The van der Waals surface area contributed by atoms with Gasteiger partial charge in [0.2, 0.25) is 17.8 Å². The summed E-state index contributed by atoms with van der Waals surface area (Å²) in [6.07, 6.45) is 0. The number of carbonyl (C=O) groups is 1. The molecule has 2 rings (SSSR count). The zero-order chi connectivity index (χ0) is 11.5. The molecule has 0 atom stereocenters. The fraction of sp³-hybridized carbons (Fsp3) is 0.231. The largest absolute Gasteiger partial charge is 2.00 e. The zero-order valence-corrected chi connectivity index (χ0v) is 14.6. The number of rotatable bonds is 3. The molecule has 0 bridgehead atoms. The Balaban J connectivity index is 0.00000144. The summed E-state index contributed by atoms with van der Waals surface area (Å²) in [4.78, 5) is 13.2. The van der Waals surface area contributed by atoms with Crippen LogP contribution in [0, 0.1) is 13.8 Å². The van der Waals surface area contributed by atoms with Crippen LogP contribution in [0.15, 0.2) is 35.8 Å². The van der Waals surface area contributed by atoms with E-state index in [1.165, 1.54) is 10.6 Å². The molecule has 17 heavy (non-hydrogen) atoms. The van der Waals surface area contributed by atoms with Gasteiger partial charge in [0.05, 0.1) is 4.88 Å². The van der Waals surface area contributed by atoms with Crippen LogP contribution in [-0.2, 0) is 6.54 Å². The van der Waals surface area contributed by atoms with Crippen molar-refractivity contribution in [2.75, 3.05) is 0 Å². The molecular formula is C13H14NOPbS+3. The molecule has 2 nitrogen and oxygen atoms in total. The van der Waals surface area contributed by atoms with Crippen LogP contribution < -0.4 is 4.57 Å². The molecule has 84 valence electrons. The van der Waals surface area contributed by atoms with E-state index in [0.29, 0.717) is 6.54 Å². The van der Waals surface area contributed by atoms with Crippen LogP contribution in [0.2, 0.25) is 0 Å². The van der Waals surface area contributed by atoms with Crippen molar-refractivity contribution < 1.29 is 9.36 Å². The molecule has 4 heteroatoms. The molecule has 2 radical (unpaired) electrons. The number of aromatic nitrogens is 1. The van der Waals surface area contributed by atoms with Crippen LogP contribution in [0.4, 0.5) is 0 Å². The van der Waals surface area contributed by atoms with Gasteiger partial charge < -0.3 is 0 Å². The standard InChI is InChI=1S/C13H14NOS.Pb/c1-10-11(2)16-9-14(10)8-13(15)12-6-4-3-5-7-12;/h3-7,9H,8H2,1-2H3;/q+1;+2. The van der Waals surface area contributed by atoms with Gasteiger partial charge in [0.25, 0.3) is 0 Å². The molecule has 0 aliphatic heterocycles. The van der Waals surface area contributed by atoms with Gasteiger partial charge in [0.15, 0.2) is 5.69 Å². The van der Waals surface area contributed by atoms with Crippen molar-refractivity contribution in [2.24, 2.45) is 0 Å². The maximum atomic E-state index is 12.0. The van der Waals surface area contributed by atoms with Crippen molar-refractivity contribution in [1.29, 1.82) is 0 Å². The van der Waals surface area contributed by atoms with E-state index < -0.39 is 0 Å². The summed E-state index contributed by atoms with van der Waals surface area (Å²) in [7, 11) is 0. The maximum absolute atomic E-state index is 12.0. The van der Waals surface area contributed by atoms with Crippen LogP contribution in [0.1, 0.15) is 20.9 Å². The number of aryl methyl sites for hydroxylation is 1. The quantitative estimate of drug-likeness (QED) is 0.408. The predicted molar refractivity (Wildman–Crippen MR) is 70.5 cm³/mol. The number of benzene rings is 1. The summed E-state index contributed by atoms with van der Waals surface area (Å²) >= 11 is 1.68. The van der Waals surface area contributed by atoms with Gasteiger partial charge in [-0.1, -0.05) is 41.7 Å². The van der Waals surface area contributed by atoms with Crippen LogP contribution in [0.5, 0.6) is 0 Å². The molecule has 0 spiro atoms. The monoisotopic (exact) mass is 440 g/mol. The third-order valence-corrected chi connectivity index (χ3v) is 3.72. The van der Waals surface area contributed by atoms with E-state index in [0.717, 1.165) is 5.56 Å². The first-order chi connectivity index (χ1) is 7.68. The second kappa shape index (κ2) is 6.39. The van der Waals surface area contributed by atoms with Gasteiger partial charge in [-0.3, -0.25) is 4.79 Å². The van der Waals surface area contributed by atoms with Gasteiger partial charge in [0, 0.05) is 12.5 Å². The Morgan fingerprint density at radius 1 is 1.24 bits per heavy atom. The van der Waals surface area contributed by atoms with Crippen LogP contribution >= 0.6 is 11.3 Å². The molecule has 0 amide bonds. The molecule has 0 saturated heterocycles. The van der Waals surface area contributed by atoms with Crippen molar-refractivity contribution in [3.05, 3.63) is 52.0 Å². The molecule has 0 N–H and O–H groups in total. The smallest absolute Gasteiger partial charge is 0.287 e. The van der Waals surface area contributed by atoms with Crippen molar-refractivity contribution in [2.45, 2.75) is 20.4 Å². The third kappa shape index (κ3) is 3.45. The van der Waals surface area contributed by atoms with E-state index in [1.54, 1.807) is 11.3 Å². The second-order valence-electron chi connectivity index (χ2n) is 3.78. The summed E-state index contributed by atoms with van der Waals surface area (Å²) < 4.78 is 2.01. The normalized spacial score (nSPS) is 9.76. The van der Waals surface area contributed by atoms with Gasteiger partial charge in [-0.25, -0.2) is 0 Å². The minimum atomic E-state index is 0. The van der Waals surface area contributed by atoms with Crippen molar-refractivity contribution in [1.82, 2.24) is 0 Å². The first-order valence-corrected chi connectivity index (χ1v) is 6.09. The molecule has 0 fully saturated rings. The Bertz CT molecular complexity index is 507.